The molecular formula is C18H29ClNO+. The number of unbranched alkanes of at least 4 members (excludes halogenated alkanes) is 1. The zero-order chi connectivity index (χ0) is 15.2. The number of hydrogen-bond acceptors (Lipinski definition) is 1. The van der Waals surface area contributed by atoms with Crippen molar-refractivity contribution in [3.8, 4) is 5.75 Å². The van der Waals surface area contributed by atoms with Gasteiger partial charge >= 0.3 is 0 Å². The Morgan fingerprint density at radius 1 is 1.19 bits per heavy atom. The fourth-order valence-electron chi connectivity index (χ4n) is 3.16. The van der Waals surface area contributed by atoms with Crippen LogP contribution in [0.4, 0.5) is 0 Å². The van der Waals surface area contributed by atoms with Crippen LogP contribution in [0.15, 0.2) is 12.1 Å². The first-order valence-electron chi connectivity index (χ1n) is 8.29. The Morgan fingerprint density at radius 3 is 2.57 bits per heavy atom. The Kier molecular flexibility index (Phi) is 6.38. The van der Waals surface area contributed by atoms with Crippen molar-refractivity contribution in [2.75, 3.05) is 26.2 Å². The molecule has 1 fully saturated rings. The normalized spacial score (nSPS) is 22.3. The molecule has 0 aliphatic carbocycles. The van der Waals surface area contributed by atoms with Crippen molar-refractivity contribution < 1.29 is 9.64 Å². The molecule has 0 unspecified atom stereocenters. The molecule has 1 aliphatic rings. The summed E-state index contributed by atoms with van der Waals surface area (Å²) in [6, 6.07) is 4.10. The highest BCUT2D eigenvalue weighted by Crippen LogP contribution is 2.29. The van der Waals surface area contributed by atoms with Crippen LogP contribution in [-0.2, 0) is 0 Å². The summed E-state index contributed by atoms with van der Waals surface area (Å²) in [5.41, 5.74) is 2.32. The van der Waals surface area contributed by atoms with Gasteiger partial charge in [0.05, 0.1) is 31.3 Å². The maximum absolute atomic E-state index is 6.25. The van der Waals surface area contributed by atoms with Crippen LogP contribution in [0.2, 0.25) is 5.02 Å². The van der Waals surface area contributed by atoms with Crippen molar-refractivity contribution >= 4 is 11.6 Å². The van der Waals surface area contributed by atoms with Gasteiger partial charge in [0.15, 0.2) is 0 Å². The first kappa shape index (κ1) is 16.6. The van der Waals surface area contributed by atoms with Crippen molar-refractivity contribution in [3.63, 3.8) is 0 Å². The van der Waals surface area contributed by atoms with Crippen molar-refractivity contribution in [2.24, 2.45) is 5.92 Å². The Balaban J connectivity index is 1.66. The van der Waals surface area contributed by atoms with Crippen molar-refractivity contribution in [2.45, 2.75) is 46.5 Å². The molecule has 0 saturated carbocycles. The molecule has 0 bridgehead atoms. The molecule has 3 heteroatoms. The predicted molar refractivity (Wildman–Crippen MR) is 89.6 cm³/mol. The molecule has 0 amide bonds. The van der Waals surface area contributed by atoms with Gasteiger partial charge in [-0.1, -0.05) is 24.6 Å². The average molecular weight is 311 g/mol. The van der Waals surface area contributed by atoms with E-state index in [9.17, 15) is 0 Å². The summed E-state index contributed by atoms with van der Waals surface area (Å²) in [6.45, 7) is 11.3. The fraction of sp³-hybridized carbons (Fsp3) is 0.667. The van der Waals surface area contributed by atoms with E-state index in [4.69, 9.17) is 16.3 Å². The van der Waals surface area contributed by atoms with Gasteiger partial charge in [0.2, 0.25) is 0 Å². The zero-order valence-electron chi connectivity index (χ0n) is 13.7. The predicted octanol–water partition coefficient (Wildman–Crippen LogP) is 3.43. The molecule has 21 heavy (non-hydrogen) atoms. The molecule has 1 saturated heterocycles. The second kappa shape index (κ2) is 8.05. The summed E-state index contributed by atoms with van der Waals surface area (Å²) >= 11 is 6.25. The van der Waals surface area contributed by atoms with E-state index in [1.165, 1.54) is 44.5 Å². The van der Waals surface area contributed by atoms with Gasteiger partial charge in [-0.15, -0.1) is 0 Å². The smallest absolute Gasteiger partial charge is 0.140 e. The van der Waals surface area contributed by atoms with Gasteiger partial charge in [0.25, 0.3) is 0 Å². The standard InChI is InChI=1S/C18H28ClNO/c1-14-6-9-20(10-7-14)8-4-5-11-21-18-16(3)12-15(2)13-17(18)19/h12-14H,4-11H2,1-3H3/p+1. The molecule has 0 radical (unpaired) electrons. The van der Waals surface area contributed by atoms with Gasteiger partial charge < -0.3 is 9.64 Å². The molecule has 0 aromatic heterocycles. The maximum atomic E-state index is 6.25. The third-order valence-corrected chi connectivity index (χ3v) is 4.81. The van der Waals surface area contributed by atoms with Crippen LogP contribution in [0.5, 0.6) is 5.75 Å². The van der Waals surface area contributed by atoms with E-state index in [1.807, 2.05) is 6.07 Å². The van der Waals surface area contributed by atoms with Crippen LogP contribution in [0, 0.1) is 19.8 Å². The number of likely N-dealkylation sites (tertiary alicyclic amines) is 1. The minimum Gasteiger partial charge on any atom is -0.492 e. The molecule has 0 spiro atoms. The Morgan fingerprint density at radius 2 is 1.90 bits per heavy atom. The Bertz CT molecular complexity index is 430. The van der Waals surface area contributed by atoms with Crippen LogP contribution in [0.3, 0.4) is 0 Å². The summed E-state index contributed by atoms with van der Waals surface area (Å²) in [4.78, 5) is 1.78. The average Bonchev–Trinajstić information content (AvgIpc) is 2.43. The number of hydrogen-bond donors (Lipinski definition) is 1. The topological polar surface area (TPSA) is 13.7 Å². The van der Waals surface area contributed by atoms with Crippen molar-refractivity contribution in [3.05, 3.63) is 28.3 Å². The lowest BCUT2D eigenvalue weighted by molar-refractivity contribution is -0.906. The van der Waals surface area contributed by atoms with E-state index < -0.39 is 0 Å². The zero-order valence-corrected chi connectivity index (χ0v) is 14.4. The van der Waals surface area contributed by atoms with Crippen LogP contribution in [0.25, 0.3) is 0 Å². The van der Waals surface area contributed by atoms with Gasteiger partial charge in [-0.25, -0.2) is 0 Å². The number of halogens is 1. The van der Waals surface area contributed by atoms with E-state index >= 15 is 0 Å². The second-order valence-corrected chi connectivity index (χ2v) is 7.04. The molecule has 1 heterocycles. The molecule has 118 valence electrons. The molecule has 2 nitrogen and oxygen atoms in total. The third-order valence-electron chi connectivity index (χ3n) is 4.53. The fourth-order valence-corrected chi connectivity index (χ4v) is 3.53. The van der Waals surface area contributed by atoms with Gasteiger partial charge in [0.1, 0.15) is 5.75 Å². The lowest BCUT2D eigenvalue weighted by Crippen LogP contribution is -3.13. The van der Waals surface area contributed by atoms with E-state index in [-0.39, 0.29) is 0 Å². The number of aryl methyl sites for hydroxylation is 2. The molecule has 2 rings (SSSR count). The first-order chi connectivity index (χ1) is 10.1. The summed E-state index contributed by atoms with van der Waals surface area (Å²) in [7, 11) is 0. The maximum Gasteiger partial charge on any atom is 0.140 e. The van der Waals surface area contributed by atoms with E-state index in [0.717, 1.165) is 35.3 Å². The van der Waals surface area contributed by atoms with Crippen molar-refractivity contribution in [1.82, 2.24) is 0 Å². The number of rotatable bonds is 6. The highest BCUT2D eigenvalue weighted by Gasteiger charge is 2.18. The SMILES string of the molecule is Cc1cc(C)c(OCCCC[NH+]2CCC(C)CC2)c(Cl)c1. The van der Waals surface area contributed by atoms with Gasteiger partial charge in [-0.2, -0.15) is 0 Å². The first-order valence-corrected chi connectivity index (χ1v) is 8.67. The van der Waals surface area contributed by atoms with E-state index in [2.05, 4.69) is 26.8 Å². The molecule has 0 atom stereocenters. The Hall–Kier alpha value is -0.730. The van der Waals surface area contributed by atoms with Gasteiger partial charge in [-0.05, 0) is 62.6 Å². The summed E-state index contributed by atoms with van der Waals surface area (Å²) in [6.07, 6.45) is 5.14. The highest BCUT2D eigenvalue weighted by molar-refractivity contribution is 6.32. The summed E-state index contributed by atoms with van der Waals surface area (Å²) in [5.74, 6) is 1.80. The molecule has 1 aliphatic heterocycles. The van der Waals surface area contributed by atoms with Crippen LogP contribution in [0.1, 0.15) is 43.7 Å². The number of benzene rings is 1. The second-order valence-electron chi connectivity index (χ2n) is 6.63. The quantitative estimate of drug-likeness (QED) is 0.795. The molecule has 1 aromatic rings. The van der Waals surface area contributed by atoms with Crippen LogP contribution >= 0.6 is 11.6 Å². The number of nitrogens with one attached hydrogen (secondary N) is 1. The Labute approximate surface area is 134 Å². The molecular weight excluding hydrogens is 282 g/mol. The largest absolute Gasteiger partial charge is 0.492 e. The summed E-state index contributed by atoms with van der Waals surface area (Å²) in [5, 5.41) is 0.739. The van der Waals surface area contributed by atoms with Crippen LogP contribution < -0.4 is 9.64 Å². The minimum absolute atomic E-state index is 0.739. The summed E-state index contributed by atoms with van der Waals surface area (Å²) < 4.78 is 5.89. The van der Waals surface area contributed by atoms with Gasteiger partial charge in [0, 0.05) is 0 Å². The molecule has 1 aromatic carbocycles. The highest BCUT2D eigenvalue weighted by atomic mass is 35.5. The van der Waals surface area contributed by atoms with E-state index in [0.29, 0.717) is 0 Å². The molecule has 1 N–H and O–H groups in total. The third kappa shape index (κ3) is 5.19. The number of ether oxygens (including phenoxy) is 1. The number of piperidine rings is 1. The monoisotopic (exact) mass is 310 g/mol. The van der Waals surface area contributed by atoms with Crippen molar-refractivity contribution in [1.29, 1.82) is 0 Å². The minimum atomic E-state index is 0.739. The lowest BCUT2D eigenvalue weighted by Gasteiger charge is -2.27. The lowest BCUT2D eigenvalue weighted by atomic mass is 9.99. The van der Waals surface area contributed by atoms with E-state index in [1.54, 1.807) is 4.90 Å². The van der Waals surface area contributed by atoms with Crippen LogP contribution in [-0.4, -0.2) is 26.2 Å². The number of quaternary nitrogens is 1. The van der Waals surface area contributed by atoms with Gasteiger partial charge in [-0.3, -0.25) is 0 Å².